The van der Waals surface area contributed by atoms with Crippen molar-refractivity contribution in [1.82, 2.24) is 10.2 Å². The van der Waals surface area contributed by atoms with Gasteiger partial charge in [0.2, 0.25) is 5.78 Å². The fourth-order valence-corrected chi connectivity index (χ4v) is 2.19. The van der Waals surface area contributed by atoms with E-state index in [0.29, 0.717) is 18.7 Å². The third-order valence-corrected chi connectivity index (χ3v) is 3.88. The Balaban J connectivity index is 2.42. The van der Waals surface area contributed by atoms with E-state index in [-0.39, 0.29) is 5.78 Å². The molecule has 0 saturated carbocycles. The Morgan fingerprint density at radius 1 is 1.09 bits per heavy atom. The van der Waals surface area contributed by atoms with Gasteiger partial charge in [-0.25, -0.2) is 0 Å². The summed E-state index contributed by atoms with van der Waals surface area (Å²) in [5, 5.41) is 2.56. The molecule has 0 aromatic heterocycles. The maximum absolute atomic E-state index is 11.9. The first-order chi connectivity index (χ1) is 10.5. The fourth-order valence-electron chi connectivity index (χ4n) is 1.93. The molecule has 1 amide bonds. The standard InChI is InChI=1S/C16H21BrN2O3/c1-3-19(4-2)10-9-18-16(22)15(21)11-14(20)12-5-7-13(17)8-6-12/h5-8H,3-4,9-11H2,1-2H3,(H,18,22). The topological polar surface area (TPSA) is 66.5 Å². The van der Waals surface area contributed by atoms with Gasteiger partial charge in [0.25, 0.3) is 5.91 Å². The quantitative estimate of drug-likeness (QED) is 0.411. The van der Waals surface area contributed by atoms with E-state index in [1.807, 2.05) is 13.8 Å². The number of benzene rings is 1. The van der Waals surface area contributed by atoms with E-state index in [0.717, 1.165) is 17.6 Å². The second-order valence-electron chi connectivity index (χ2n) is 4.81. The molecular formula is C16H21BrN2O3. The van der Waals surface area contributed by atoms with Gasteiger partial charge in [-0.15, -0.1) is 0 Å². The van der Waals surface area contributed by atoms with Crippen molar-refractivity contribution in [3.8, 4) is 0 Å². The molecule has 0 radical (unpaired) electrons. The van der Waals surface area contributed by atoms with Crippen molar-refractivity contribution in [2.24, 2.45) is 0 Å². The number of amides is 1. The van der Waals surface area contributed by atoms with Crippen LogP contribution in [0.1, 0.15) is 30.6 Å². The van der Waals surface area contributed by atoms with Crippen molar-refractivity contribution in [3.05, 3.63) is 34.3 Å². The van der Waals surface area contributed by atoms with Crippen molar-refractivity contribution in [1.29, 1.82) is 0 Å². The molecule has 0 saturated heterocycles. The van der Waals surface area contributed by atoms with E-state index in [9.17, 15) is 14.4 Å². The van der Waals surface area contributed by atoms with Gasteiger partial charge in [-0.3, -0.25) is 14.4 Å². The summed E-state index contributed by atoms with van der Waals surface area (Å²) in [5.74, 6) is -1.75. The summed E-state index contributed by atoms with van der Waals surface area (Å²) in [6.45, 7) is 6.94. The van der Waals surface area contributed by atoms with Crippen molar-refractivity contribution in [3.63, 3.8) is 0 Å². The van der Waals surface area contributed by atoms with E-state index >= 15 is 0 Å². The highest BCUT2D eigenvalue weighted by Gasteiger charge is 2.18. The van der Waals surface area contributed by atoms with Crippen LogP contribution in [-0.2, 0) is 9.59 Å². The Labute approximate surface area is 139 Å². The normalized spacial score (nSPS) is 10.5. The van der Waals surface area contributed by atoms with E-state index in [4.69, 9.17) is 0 Å². The number of rotatable bonds is 9. The van der Waals surface area contributed by atoms with Gasteiger partial charge in [-0.2, -0.15) is 0 Å². The fraction of sp³-hybridized carbons (Fsp3) is 0.438. The third-order valence-electron chi connectivity index (χ3n) is 3.35. The second kappa shape index (κ2) is 9.48. The van der Waals surface area contributed by atoms with Crippen LogP contribution >= 0.6 is 15.9 Å². The number of ketones is 2. The molecule has 120 valence electrons. The van der Waals surface area contributed by atoms with Crippen LogP contribution in [-0.4, -0.2) is 48.6 Å². The highest BCUT2D eigenvalue weighted by molar-refractivity contribution is 9.10. The van der Waals surface area contributed by atoms with Crippen molar-refractivity contribution in [2.45, 2.75) is 20.3 Å². The predicted octanol–water partition coefficient (Wildman–Crippen LogP) is 2.05. The van der Waals surface area contributed by atoms with Crippen LogP contribution in [0.5, 0.6) is 0 Å². The first-order valence-electron chi connectivity index (χ1n) is 7.30. The number of carbonyl (C=O) groups is 3. The first kappa shape index (κ1) is 18.5. The molecule has 0 unspecified atom stereocenters. The molecule has 0 aliphatic heterocycles. The lowest BCUT2D eigenvalue weighted by Gasteiger charge is -2.17. The van der Waals surface area contributed by atoms with E-state index in [1.165, 1.54) is 0 Å². The van der Waals surface area contributed by atoms with Crippen LogP contribution in [0, 0.1) is 0 Å². The number of nitrogens with zero attached hydrogens (tertiary/aromatic N) is 1. The van der Waals surface area contributed by atoms with Gasteiger partial charge in [-0.05, 0) is 25.2 Å². The number of likely N-dealkylation sites (N-methyl/N-ethyl adjacent to an activating group) is 1. The second-order valence-corrected chi connectivity index (χ2v) is 5.73. The third kappa shape index (κ3) is 6.07. The lowest BCUT2D eigenvalue weighted by Crippen LogP contribution is -2.38. The number of hydrogen-bond donors (Lipinski definition) is 1. The van der Waals surface area contributed by atoms with Gasteiger partial charge < -0.3 is 10.2 Å². The van der Waals surface area contributed by atoms with Crippen LogP contribution in [0.25, 0.3) is 0 Å². The summed E-state index contributed by atoms with van der Waals surface area (Å²) in [6.07, 6.45) is -0.404. The molecule has 22 heavy (non-hydrogen) atoms. The van der Waals surface area contributed by atoms with Gasteiger partial charge >= 0.3 is 0 Å². The average molecular weight is 369 g/mol. The Kier molecular flexibility index (Phi) is 7.98. The van der Waals surface area contributed by atoms with Gasteiger partial charge in [-0.1, -0.05) is 41.9 Å². The van der Waals surface area contributed by atoms with E-state index < -0.39 is 18.1 Å². The molecule has 6 heteroatoms. The largest absolute Gasteiger partial charge is 0.348 e. The van der Waals surface area contributed by atoms with Gasteiger partial charge in [0.05, 0.1) is 6.42 Å². The number of carbonyl (C=O) groups excluding carboxylic acids is 3. The molecule has 0 atom stereocenters. The minimum atomic E-state index is -0.701. The van der Waals surface area contributed by atoms with Crippen LogP contribution in [0.3, 0.4) is 0 Å². The maximum atomic E-state index is 11.9. The average Bonchev–Trinajstić information content (AvgIpc) is 2.51. The number of nitrogens with one attached hydrogen (secondary N) is 1. The molecule has 1 aromatic carbocycles. The Morgan fingerprint density at radius 2 is 1.68 bits per heavy atom. The van der Waals surface area contributed by atoms with Crippen molar-refractivity contribution >= 4 is 33.4 Å². The molecule has 0 aliphatic rings. The zero-order valence-corrected chi connectivity index (χ0v) is 14.5. The minimum absolute atomic E-state index is 0.351. The lowest BCUT2D eigenvalue weighted by atomic mass is 10.1. The monoisotopic (exact) mass is 368 g/mol. The molecule has 1 rings (SSSR count). The molecule has 0 aliphatic carbocycles. The van der Waals surface area contributed by atoms with Crippen LogP contribution in [0.2, 0.25) is 0 Å². The van der Waals surface area contributed by atoms with Crippen molar-refractivity contribution < 1.29 is 14.4 Å². The number of Topliss-reactive ketones (excluding diaryl/α,β-unsaturated/α-hetero) is 2. The van der Waals surface area contributed by atoms with E-state index in [2.05, 4.69) is 26.1 Å². The van der Waals surface area contributed by atoms with Gasteiger partial charge in [0.15, 0.2) is 5.78 Å². The summed E-state index contributed by atoms with van der Waals surface area (Å²) in [7, 11) is 0. The predicted molar refractivity (Wildman–Crippen MR) is 88.9 cm³/mol. The maximum Gasteiger partial charge on any atom is 0.287 e. The summed E-state index contributed by atoms with van der Waals surface area (Å²) in [6, 6.07) is 6.69. The molecule has 0 spiro atoms. The summed E-state index contributed by atoms with van der Waals surface area (Å²) in [5.41, 5.74) is 0.424. The highest BCUT2D eigenvalue weighted by atomic mass is 79.9. The highest BCUT2D eigenvalue weighted by Crippen LogP contribution is 2.12. The lowest BCUT2D eigenvalue weighted by molar-refractivity contribution is -0.137. The first-order valence-corrected chi connectivity index (χ1v) is 8.09. The summed E-state index contributed by atoms with van der Waals surface area (Å²) >= 11 is 3.27. The Bertz CT molecular complexity index is 525. The van der Waals surface area contributed by atoms with Crippen LogP contribution < -0.4 is 5.32 Å². The Morgan fingerprint density at radius 3 is 2.23 bits per heavy atom. The van der Waals surface area contributed by atoms with Crippen LogP contribution in [0.4, 0.5) is 0 Å². The van der Waals surface area contributed by atoms with Gasteiger partial charge in [0.1, 0.15) is 0 Å². The minimum Gasteiger partial charge on any atom is -0.348 e. The summed E-state index contributed by atoms with van der Waals surface area (Å²) in [4.78, 5) is 37.5. The van der Waals surface area contributed by atoms with Crippen molar-refractivity contribution in [2.75, 3.05) is 26.2 Å². The molecular weight excluding hydrogens is 348 g/mol. The molecule has 5 nitrogen and oxygen atoms in total. The molecule has 0 fully saturated rings. The SMILES string of the molecule is CCN(CC)CCNC(=O)C(=O)CC(=O)c1ccc(Br)cc1. The molecule has 1 aromatic rings. The van der Waals surface area contributed by atoms with Crippen LogP contribution in [0.15, 0.2) is 28.7 Å². The zero-order valence-electron chi connectivity index (χ0n) is 12.9. The Hall–Kier alpha value is -1.53. The molecule has 0 bridgehead atoms. The molecule has 1 N–H and O–H groups in total. The molecule has 0 heterocycles. The summed E-state index contributed by atoms with van der Waals surface area (Å²) < 4.78 is 0.851. The zero-order chi connectivity index (χ0) is 16.5. The number of hydrogen-bond acceptors (Lipinski definition) is 4. The van der Waals surface area contributed by atoms with Gasteiger partial charge in [0, 0.05) is 23.1 Å². The smallest absolute Gasteiger partial charge is 0.287 e. The van der Waals surface area contributed by atoms with E-state index in [1.54, 1.807) is 24.3 Å². The number of halogens is 1.